The van der Waals surface area contributed by atoms with Crippen LogP contribution in [0.2, 0.25) is 5.02 Å². The Hall–Kier alpha value is -1.73. The van der Waals surface area contributed by atoms with E-state index in [1.807, 2.05) is 24.3 Å². The normalized spacial score (nSPS) is 25.1. The van der Waals surface area contributed by atoms with E-state index in [-0.39, 0.29) is 23.6 Å². The molecule has 0 spiro atoms. The third kappa shape index (κ3) is 3.69. The van der Waals surface area contributed by atoms with Crippen LogP contribution in [0.1, 0.15) is 22.6 Å². The van der Waals surface area contributed by atoms with Gasteiger partial charge in [-0.1, -0.05) is 53.6 Å². The first-order valence-corrected chi connectivity index (χ1v) is 10.0. The topological polar surface area (TPSA) is 56.4 Å². The minimum Gasteiger partial charge on any atom is -0.312 e. The number of halogens is 1. The van der Waals surface area contributed by atoms with Gasteiger partial charge in [0.15, 0.2) is 0 Å². The minimum atomic E-state index is -0.125. The molecule has 2 heterocycles. The van der Waals surface area contributed by atoms with Crippen LogP contribution in [-0.4, -0.2) is 29.2 Å². The van der Waals surface area contributed by atoms with Crippen molar-refractivity contribution in [3.8, 4) is 0 Å². The number of hydrogen-bond donors (Lipinski definition) is 3. The maximum absolute atomic E-state index is 12.5. The Morgan fingerprint density at radius 2 is 1.88 bits per heavy atom. The second kappa shape index (κ2) is 7.48. The summed E-state index contributed by atoms with van der Waals surface area (Å²) < 4.78 is 0. The molecular weight excluding hydrogens is 368 g/mol. The number of carbonyl (C=O) groups excluding carboxylic acids is 1. The molecule has 3 atom stereocenters. The van der Waals surface area contributed by atoms with Crippen LogP contribution >= 0.6 is 23.4 Å². The first-order valence-electron chi connectivity index (χ1n) is 8.62. The maximum Gasteiger partial charge on any atom is 0.335 e. The van der Waals surface area contributed by atoms with E-state index in [9.17, 15) is 4.79 Å². The highest BCUT2D eigenvalue weighted by Crippen LogP contribution is 2.30. The van der Waals surface area contributed by atoms with Crippen molar-refractivity contribution in [2.24, 2.45) is 0 Å². The highest BCUT2D eigenvalue weighted by molar-refractivity contribution is 7.99. The smallest absolute Gasteiger partial charge is 0.312 e. The Labute approximate surface area is 162 Å². The summed E-state index contributed by atoms with van der Waals surface area (Å²) in [5.41, 5.74) is 6.73. The van der Waals surface area contributed by atoms with Gasteiger partial charge in [-0.3, -0.25) is 5.32 Å². The molecule has 2 aliphatic heterocycles. The summed E-state index contributed by atoms with van der Waals surface area (Å²) in [5.74, 6) is 1.02. The van der Waals surface area contributed by atoms with E-state index >= 15 is 0 Å². The first kappa shape index (κ1) is 17.7. The number of hydrogen-bond acceptors (Lipinski definition) is 4. The summed E-state index contributed by atoms with van der Waals surface area (Å²) in [6.07, 6.45) is -0.0829. The van der Waals surface area contributed by atoms with Crippen molar-refractivity contribution < 1.29 is 4.79 Å². The predicted octanol–water partition coefficient (Wildman–Crippen LogP) is 3.41. The lowest BCUT2D eigenvalue weighted by atomic mass is 9.97. The van der Waals surface area contributed by atoms with Crippen molar-refractivity contribution in [2.45, 2.75) is 30.3 Å². The van der Waals surface area contributed by atoms with Gasteiger partial charge in [0.2, 0.25) is 0 Å². The van der Waals surface area contributed by atoms with Crippen LogP contribution in [0.4, 0.5) is 4.79 Å². The van der Waals surface area contributed by atoms with Gasteiger partial charge in [0, 0.05) is 23.2 Å². The molecule has 0 radical (unpaired) electrons. The third-order valence-electron chi connectivity index (χ3n) is 4.77. The highest BCUT2D eigenvalue weighted by Gasteiger charge is 2.43. The molecule has 2 aromatic carbocycles. The maximum atomic E-state index is 12.5. The molecular formula is C19H21ClN4OS. The standard InChI is InChI=1S/C19H21ClN4OS/c1-12-2-4-13(5-3-12)11-26-18-22-17-16(10-21-24(17)19(25)23-18)14-6-8-15(20)9-7-14/h2-9,16-18,21-22H,10-11H2,1H3,(H,23,25). The molecule has 4 rings (SSSR count). The van der Waals surface area contributed by atoms with Gasteiger partial charge in [-0.05, 0) is 30.2 Å². The van der Waals surface area contributed by atoms with Crippen molar-refractivity contribution in [3.63, 3.8) is 0 Å². The fourth-order valence-corrected chi connectivity index (χ4v) is 4.41. The highest BCUT2D eigenvalue weighted by atomic mass is 35.5. The van der Waals surface area contributed by atoms with Gasteiger partial charge in [-0.15, -0.1) is 11.8 Å². The molecule has 3 unspecified atom stereocenters. The number of carbonyl (C=O) groups is 1. The number of fused-ring (bicyclic) bond motifs is 1. The van der Waals surface area contributed by atoms with E-state index in [1.165, 1.54) is 16.7 Å². The number of amides is 2. The number of urea groups is 1. The van der Waals surface area contributed by atoms with Crippen molar-refractivity contribution in [3.05, 3.63) is 70.2 Å². The molecule has 2 aliphatic rings. The lowest BCUT2D eigenvalue weighted by Crippen LogP contribution is -2.65. The van der Waals surface area contributed by atoms with Crippen LogP contribution < -0.4 is 16.1 Å². The summed E-state index contributed by atoms with van der Waals surface area (Å²) in [6, 6.07) is 16.2. The summed E-state index contributed by atoms with van der Waals surface area (Å²) >= 11 is 7.69. The third-order valence-corrected chi connectivity index (χ3v) is 6.11. The summed E-state index contributed by atoms with van der Waals surface area (Å²) in [5, 5.41) is 8.93. The molecule has 0 aliphatic carbocycles. The number of benzene rings is 2. The van der Waals surface area contributed by atoms with Crippen LogP contribution in [-0.2, 0) is 5.75 Å². The number of nitrogens with one attached hydrogen (secondary N) is 3. The molecule has 2 amide bonds. The van der Waals surface area contributed by atoms with Crippen molar-refractivity contribution >= 4 is 29.4 Å². The Morgan fingerprint density at radius 3 is 2.62 bits per heavy atom. The summed E-state index contributed by atoms with van der Waals surface area (Å²) in [4.78, 5) is 12.5. The number of rotatable bonds is 4. The number of hydrazine groups is 1. The van der Waals surface area contributed by atoms with E-state index in [1.54, 1.807) is 16.8 Å². The summed E-state index contributed by atoms with van der Waals surface area (Å²) in [6.45, 7) is 2.79. The van der Waals surface area contributed by atoms with Gasteiger partial charge in [0.1, 0.15) is 11.7 Å². The summed E-state index contributed by atoms with van der Waals surface area (Å²) in [7, 11) is 0. The fraction of sp³-hybridized carbons (Fsp3) is 0.316. The van der Waals surface area contributed by atoms with Crippen LogP contribution in [0.25, 0.3) is 0 Å². The zero-order valence-electron chi connectivity index (χ0n) is 14.4. The molecule has 0 bridgehead atoms. The quantitative estimate of drug-likeness (QED) is 0.751. The Balaban J connectivity index is 1.44. The van der Waals surface area contributed by atoms with Gasteiger partial charge < -0.3 is 5.32 Å². The molecule has 2 aromatic rings. The van der Waals surface area contributed by atoms with Crippen LogP contribution in [0.5, 0.6) is 0 Å². The number of aryl methyl sites for hydroxylation is 1. The van der Waals surface area contributed by atoms with E-state index in [0.29, 0.717) is 6.54 Å². The molecule has 0 saturated carbocycles. The molecule has 2 saturated heterocycles. The van der Waals surface area contributed by atoms with Gasteiger partial charge in [-0.2, -0.15) is 0 Å². The van der Waals surface area contributed by atoms with Gasteiger partial charge in [0.25, 0.3) is 0 Å². The lowest BCUT2D eigenvalue weighted by molar-refractivity contribution is 0.128. The second-order valence-corrected chi connectivity index (χ2v) is 8.16. The molecule has 26 heavy (non-hydrogen) atoms. The van der Waals surface area contributed by atoms with E-state index in [4.69, 9.17) is 11.6 Å². The Morgan fingerprint density at radius 1 is 1.15 bits per heavy atom. The average Bonchev–Trinajstić information content (AvgIpc) is 3.06. The zero-order chi connectivity index (χ0) is 18.1. The van der Waals surface area contributed by atoms with E-state index in [2.05, 4.69) is 47.2 Å². The Bertz CT molecular complexity index is 783. The van der Waals surface area contributed by atoms with Crippen molar-refractivity contribution in [1.29, 1.82) is 0 Å². The second-order valence-electron chi connectivity index (χ2n) is 6.63. The fourth-order valence-electron chi connectivity index (χ4n) is 3.32. The molecule has 136 valence electrons. The van der Waals surface area contributed by atoms with Gasteiger partial charge >= 0.3 is 6.03 Å². The van der Waals surface area contributed by atoms with Gasteiger partial charge in [-0.25, -0.2) is 15.2 Å². The number of thioether (sulfide) groups is 1. The average molecular weight is 389 g/mol. The van der Waals surface area contributed by atoms with E-state index in [0.717, 1.165) is 10.8 Å². The molecule has 3 N–H and O–H groups in total. The largest absolute Gasteiger partial charge is 0.335 e. The molecule has 0 aromatic heterocycles. The monoisotopic (exact) mass is 388 g/mol. The SMILES string of the molecule is Cc1ccc(CSC2NC(=O)N3NCC(c4ccc(Cl)cc4)C3N2)cc1. The van der Waals surface area contributed by atoms with Crippen molar-refractivity contribution in [2.75, 3.05) is 6.54 Å². The first-order chi connectivity index (χ1) is 12.6. The van der Waals surface area contributed by atoms with E-state index < -0.39 is 0 Å². The Kier molecular flexibility index (Phi) is 5.09. The molecule has 2 fully saturated rings. The van der Waals surface area contributed by atoms with Crippen LogP contribution in [0.15, 0.2) is 48.5 Å². The predicted molar refractivity (Wildman–Crippen MR) is 106 cm³/mol. The molecule has 5 nitrogen and oxygen atoms in total. The van der Waals surface area contributed by atoms with Gasteiger partial charge in [0.05, 0.1) is 0 Å². The minimum absolute atomic E-state index is 0.0829. The lowest BCUT2D eigenvalue weighted by Gasteiger charge is -2.37. The van der Waals surface area contributed by atoms with Crippen LogP contribution in [0, 0.1) is 6.92 Å². The zero-order valence-corrected chi connectivity index (χ0v) is 16.0. The molecule has 7 heteroatoms. The number of nitrogens with zero attached hydrogens (tertiary/aromatic N) is 1. The van der Waals surface area contributed by atoms with Crippen molar-refractivity contribution in [1.82, 2.24) is 21.1 Å². The van der Waals surface area contributed by atoms with Crippen LogP contribution in [0.3, 0.4) is 0 Å².